The number of rotatable bonds is 4. The van der Waals surface area contributed by atoms with Crippen LogP contribution in [0, 0.1) is 0 Å². The predicted octanol–water partition coefficient (Wildman–Crippen LogP) is 1.70. The van der Waals surface area contributed by atoms with Crippen LogP contribution in [0.4, 0.5) is 5.82 Å². The van der Waals surface area contributed by atoms with Crippen molar-refractivity contribution in [3.63, 3.8) is 0 Å². The number of anilines is 1. The Hall–Kier alpha value is -1.46. The van der Waals surface area contributed by atoms with E-state index in [1.165, 1.54) is 19.3 Å². The molecule has 5 heteroatoms. The maximum Gasteiger partial charge on any atom is 0.148 e. The Balaban J connectivity index is 1.50. The summed E-state index contributed by atoms with van der Waals surface area (Å²) in [5, 5.41) is 11.2. The average Bonchev–Trinajstić information content (AvgIpc) is 2.55. The molecule has 2 atom stereocenters. The molecule has 1 aliphatic heterocycles. The molecule has 1 aromatic heterocycles. The summed E-state index contributed by atoms with van der Waals surface area (Å²) < 4.78 is 5.84. The maximum absolute atomic E-state index is 5.84. The van der Waals surface area contributed by atoms with Crippen LogP contribution in [0.1, 0.15) is 19.3 Å². The fraction of sp³-hybridized carbons (Fsp3) is 0.600. The first-order chi connectivity index (χ1) is 9.92. The molecule has 0 bridgehead atoms. The summed E-state index contributed by atoms with van der Waals surface area (Å²) >= 11 is 0. The van der Waals surface area contributed by atoms with Crippen molar-refractivity contribution in [3.8, 4) is 0 Å². The van der Waals surface area contributed by atoms with Crippen molar-refractivity contribution >= 4 is 5.82 Å². The minimum Gasteiger partial charge on any atom is -0.374 e. The summed E-state index contributed by atoms with van der Waals surface area (Å²) in [5.74, 6) is 0.811. The Morgan fingerprint density at radius 1 is 1.45 bits per heavy atom. The molecule has 1 aliphatic carbocycles. The molecule has 3 rings (SSSR count). The summed E-state index contributed by atoms with van der Waals surface area (Å²) in [4.78, 5) is 2.54. The molecule has 1 fully saturated rings. The highest BCUT2D eigenvalue weighted by Crippen LogP contribution is 2.19. The van der Waals surface area contributed by atoms with Crippen molar-refractivity contribution in [1.82, 2.24) is 15.1 Å². The van der Waals surface area contributed by atoms with E-state index in [1.807, 2.05) is 12.1 Å². The van der Waals surface area contributed by atoms with E-state index in [0.29, 0.717) is 6.04 Å². The molecule has 20 heavy (non-hydrogen) atoms. The monoisotopic (exact) mass is 274 g/mol. The van der Waals surface area contributed by atoms with Crippen molar-refractivity contribution in [2.24, 2.45) is 0 Å². The van der Waals surface area contributed by atoms with Gasteiger partial charge in [-0.2, -0.15) is 5.10 Å². The zero-order valence-corrected chi connectivity index (χ0v) is 11.7. The standard InChI is InChI=1S/C15H22N4O/c1-2-5-13(6-3-1)19-9-10-20-14(12-19)11-16-15-7-4-8-17-18-15/h2,4-5,7-8,13-14H,1,3,6,9-12H2,(H,16,18). The van der Waals surface area contributed by atoms with Gasteiger partial charge in [-0.1, -0.05) is 12.2 Å². The van der Waals surface area contributed by atoms with E-state index in [-0.39, 0.29) is 6.10 Å². The molecule has 5 nitrogen and oxygen atoms in total. The number of ether oxygens (including phenoxy) is 1. The van der Waals surface area contributed by atoms with Crippen LogP contribution in [0.15, 0.2) is 30.5 Å². The van der Waals surface area contributed by atoms with E-state index in [0.717, 1.165) is 32.1 Å². The van der Waals surface area contributed by atoms with Crippen LogP contribution in [-0.2, 0) is 4.74 Å². The van der Waals surface area contributed by atoms with Gasteiger partial charge in [0.2, 0.25) is 0 Å². The lowest BCUT2D eigenvalue weighted by molar-refractivity contribution is -0.0317. The van der Waals surface area contributed by atoms with Crippen LogP contribution in [0.2, 0.25) is 0 Å². The van der Waals surface area contributed by atoms with Gasteiger partial charge in [0, 0.05) is 31.9 Å². The summed E-state index contributed by atoms with van der Waals surface area (Å²) in [5.41, 5.74) is 0. The molecule has 0 saturated carbocycles. The number of morpholine rings is 1. The first-order valence-electron chi connectivity index (χ1n) is 7.46. The van der Waals surface area contributed by atoms with Gasteiger partial charge in [0.1, 0.15) is 5.82 Å². The topological polar surface area (TPSA) is 50.3 Å². The smallest absolute Gasteiger partial charge is 0.148 e. The highest BCUT2D eigenvalue weighted by atomic mass is 16.5. The summed E-state index contributed by atoms with van der Waals surface area (Å²) in [6, 6.07) is 4.42. The summed E-state index contributed by atoms with van der Waals surface area (Å²) in [6.45, 7) is 3.63. The lowest BCUT2D eigenvalue weighted by Crippen LogP contribution is -2.49. The Kier molecular flexibility index (Phi) is 4.61. The minimum atomic E-state index is 0.223. The average molecular weight is 274 g/mol. The first-order valence-corrected chi connectivity index (χ1v) is 7.46. The quantitative estimate of drug-likeness (QED) is 0.847. The highest BCUT2D eigenvalue weighted by molar-refractivity contribution is 5.31. The lowest BCUT2D eigenvalue weighted by atomic mass is 10.0. The van der Waals surface area contributed by atoms with E-state index in [1.54, 1.807) is 6.20 Å². The van der Waals surface area contributed by atoms with Crippen LogP contribution in [0.3, 0.4) is 0 Å². The Bertz CT molecular complexity index is 437. The number of hydrogen-bond donors (Lipinski definition) is 1. The second-order valence-corrected chi connectivity index (χ2v) is 5.40. The van der Waals surface area contributed by atoms with E-state index in [9.17, 15) is 0 Å². The fourth-order valence-electron chi connectivity index (χ4n) is 2.88. The molecular weight excluding hydrogens is 252 g/mol. The van der Waals surface area contributed by atoms with Crippen molar-refractivity contribution in [2.75, 3.05) is 31.6 Å². The van der Waals surface area contributed by atoms with E-state index < -0.39 is 0 Å². The molecular formula is C15H22N4O. The highest BCUT2D eigenvalue weighted by Gasteiger charge is 2.25. The van der Waals surface area contributed by atoms with Crippen LogP contribution < -0.4 is 5.32 Å². The van der Waals surface area contributed by atoms with E-state index in [2.05, 4.69) is 32.6 Å². The molecule has 108 valence electrons. The molecule has 0 aromatic carbocycles. The van der Waals surface area contributed by atoms with Crippen molar-refractivity contribution in [2.45, 2.75) is 31.4 Å². The SMILES string of the molecule is C1=CC(N2CCOC(CNc3cccnn3)C2)CCC1. The van der Waals surface area contributed by atoms with Gasteiger partial charge in [-0.15, -0.1) is 5.10 Å². The third-order valence-electron chi connectivity index (χ3n) is 3.95. The second-order valence-electron chi connectivity index (χ2n) is 5.40. The van der Waals surface area contributed by atoms with Crippen LogP contribution in [0.25, 0.3) is 0 Å². The molecule has 1 saturated heterocycles. The van der Waals surface area contributed by atoms with Gasteiger partial charge in [0.25, 0.3) is 0 Å². The Morgan fingerprint density at radius 3 is 3.25 bits per heavy atom. The summed E-state index contributed by atoms with van der Waals surface area (Å²) in [6.07, 6.45) is 10.4. The number of nitrogens with one attached hydrogen (secondary N) is 1. The fourth-order valence-corrected chi connectivity index (χ4v) is 2.88. The van der Waals surface area contributed by atoms with Gasteiger partial charge in [0.15, 0.2) is 0 Å². The largest absolute Gasteiger partial charge is 0.374 e. The molecule has 0 amide bonds. The molecule has 2 unspecified atom stereocenters. The van der Waals surface area contributed by atoms with E-state index >= 15 is 0 Å². The van der Waals surface area contributed by atoms with Crippen molar-refractivity contribution < 1.29 is 4.74 Å². The minimum absolute atomic E-state index is 0.223. The lowest BCUT2D eigenvalue weighted by Gasteiger charge is -2.38. The maximum atomic E-state index is 5.84. The van der Waals surface area contributed by atoms with Crippen molar-refractivity contribution in [3.05, 3.63) is 30.5 Å². The number of aromatic nitrogens is 2. The second kappa shape index (κ2) is 6.81. The summed E-state index contributed by atoms with van der Waals surface area (Å²) in [7, 11) is 0. The van der Waals surface area contributed by atoms with Gasteiger partial charge in [-0.25, -0.2) is 0 Å². The zero-order chi connectivity index (χ0) is 13.6. The van der Waals surface area contributed by atoms with Gasteiger partial charge >= 0.3 is 0 Å². The van der Waals surface area contributed by atoms with Crippen LogP contribution in [-0.4, -0.2) is 53.5 Å². The Labute approximate surface area is 120 Å². The molecule has 2 heterocycles. The van der Waals surface area contributed by atoms with Gasteiger partial charge in [-0.05, 0) is 31.4 Å². The first kappa shape index (κ1) is 13.5. The van der Waals surface area contributed by atoms with Gasteiger partial charge < -0.3 is 10.1 Å². The van der Waals surface area contributed by atoms with E-state index in [4.69, 9.17) is 4.74 Å². The van der Waals surface area contributed by atoms with Crippen LogP contribution in [0.5, 0.6) is 0 Å². The normalized spacial score (nSPS) is 27.4. The predicted molar refractivity (Wildman–Crippen MR) is 78.6 cm³/mol. The molecule has 2 aliphatic rings. The van der Waals surface area contributed by atoms with Gasteiger partial charge in [0.05, 0.1) is 12.7 Å². The number of hydrogen-bond acceptors (Lipinski definition) is 5. The molecule has 1 N–H and O–H groups in total. The number of allylic oxidation sites excluding steroid dienone is 1. The Morgan fingerprint density at radius 2 is 2.45 bits per heavy atom. The van der Waals surface area contributed by atoms with Crippen molar-refractivity contribution in [1.29, 1.82) is 0 Å². The van der Waals surface area contributed by atoms with Gasteiger partial charge in [-0.3, -0.25) is 4.90 Å². The molecule has 1 aromatic rings. The molecule has 0 radical (unpaired) electrons. The number of nitrogens with zero attached hydrogens (tertiary/aromatic N) is 3. The molecule has 0 spiro atoms. The third kappa shape index (κ3) is 3.55. The van der Waals surface area contributed by atoms with Crippen LogP contribution >= 0.6 is 0 Å². The third-order valence-corrected chi connectivity index (χ3v) is 3.95. The zero-order valence-electron chi connectivity index (χ0n) is 11.7.